The first kappa shape index (κ1) is 14.2. The van der Waals surface area contributed by atoms with E-state index in [0.29, 0.717) is 6.04 Å². The second kappa shape index (κ2) is 6.78. The highest BCUT2D eigenvalue weighted by molar-refractivity contribution is 5.41. The lowest BCUT2D eigenvalue weighted by Gasteiger charge is -2.24. The Morgan fingerprint density at radius 3 is 2.84 bits per heavy atom. The van der Waals surface area contributed by atoms with Crippen LogP contribution in [0.15, 0.2) is 18.2 Å². The monoisotopic (exact) mass is 264 g/mol. The zero-order chi connectivity index (χ0) is 13.7. The van der Waals surface area contributed by atoms with E-state index in [1.165, 1.54) is 24.9 Å². The predicted molar refractivity (Wildman–Crippen MR) is 76.9 cm³/mol. The maximum atomic E-state index is 5.68. The third-order valence-electron chi connectivity index (χ3n) is 3.87. The molecule has 4 heteroatoms. The Morgan fingerprint density at radius 1 is 1.32 bits per heavy atom. The first-order chi connectivity index (χ1) is 9.28. The van der Waals surface area contributed by atoms with Gasteiger partial charge >= 0.3 is 0 Å². The standard InChI is InChI=1S/C15H24N2O2/c1-18-14-6-5-12(15(11-14)19-2)10-13-4-3-8-17(13)9-7-16/h5-6,11,13H,3-4,7-10,16H2,1-2H3. The summed E-state index contributed by atoms with van der Waals surface area (Å²) in [7, 11) is 3.39. The van der Waals surface area contributed by atoms with Gasteiger partial charge in [-0.2, -0.15) is 0 Å². The molecule has 0 amide bonds. The van der Waals surface area contributed by atoms with E-state index in [4.69, 9.17) is 15.2 Å². The second-order valence-corrected chi connectivity index (χ2v) is 5.00. The van der Waals surface area contributed by atoms with E-state index in [0.717, 1.165) is 31.0 Å². The summed E-state index contributed by atoms with van der Waals surface area (Å²) in [4.78, 5) is 2.49. The molecular formula is C15H24N2O2. The Labute approximate surface area is 115 Å². The quantitative estimate of drug-likeness (QED) is 0.849. The summed E-state index contributed by atoms with van der Waals surface area (Å²) in [6.45, 7) is 2.89. The minimum absolute atomic E-state index is 0.589. The van der Waals surface area contributed by atoms with Crippen LogP contribution in [0.4, 0.5) is 0 Å². The summed E-state index contributed by atoms with van der Waals surface area (Å²) in [6, 6.07) is 6.65. The Balaban J connectivity index is 2.09. The molecule has 1 heterocycles. The molecule has 0 radical (unpaired) electrons. The fourth-order valence-electron chi connectivity index (χ4n) is 2.86. The molecule has 0 aliphatic carbocycles. The molecule has 0 aromatic heterocycles. The van der Waals surface area contributed by atoms with Crippen LogP contribution in [0.1, 0.15) is 18.4 Å². The number of nitrogens with two attached hydrogens (primary N) is 1. The van der Waals surface area contributed by atoms with Gasteiger partial charge in [-0.05, 0) is 37.4 Å². The van der Waals surface area contributed by atoms with Crippen LogP contribution in [-0.2, 0) is 6.42 Å². The van der Waals surface area contributed by atoms with Crippen LogP contribution in [0.3, 0.4) is 0 Å². The topological polar surface area (TPSA) is 47.7 Å². The van der Waals surface area contributed by atoms with Gasteiger partial charge in [-0.15, -0.1) is 0 Å². The number of hydrogen-bond acceptors (Lipinski definition) is 4. The van der Waals surface area contributed by atoms with Crippen molar-refractivity contribution in [3.8, 4) is 11.5 Å². The summed E-state index contributed by atoms with van der Waals surface area (Å²) in [5, 5.41) is 0. The van der Waals surface area contributed by atoms with Crippen molar-refractivity contribution < 1.29 is 9.47 Å². The van der Waals surface area contributed by atoms with Crippen LogP contribution in [0.5, 0.6) is 11.5 Å². The van der Waals surface area contributed by atoms with E-state index in [1.54, 1.807) is 14.2 Å². The van der Waals surface area contributed by atoms with Crippen LogP contribution in [-0.4, -0.2) is 44.8 Å². The molecule has 1 atom stereocenters. The molecule has 2 N–H and O–H groups in total. The van der Waals surface area contributed by atoms with Crippen molar-refractivity contribution in [2.75, 3.05) is 33.9 Å². The van der Waals surface area contributed by atoms with Crippen molar-refractivity contribution in [1.82, 2.24) is 4.90 Å². The van der Waals surface area contributed by atoms with Crippen molar-refractivity contribution in [3.63, 3.8) is 0 Å². The molecule has 1 aromatic rings. The minimum Gasteiger partial charge on any atom is -0.497 e. The Bertz CT molecular complexity index is 409. The molecule has 1 aliphatic heterocycles. The molecule has 4 nitrogen and oxygen atoms in total. The molecule has 0 spiro atoms. The van der Waals surface area contributed by atoms with Gasteiger partial charge in [-0.25, -0.2) is 0 Å². The van der Waals surface area contributed by atoms with E-state index in [2.05, 4.69) is 11.0 Å². The van der Waals surface area contributed by atoms with E-state index < -0.39 is 0 Å². The van der Waals surface area contributed by atoms with Crippen molar-refractivity contribution in [1.29, 1.82) is 0 Å². The number of nitrogens with zero attached hydrogens (tertiary/aromatic N) is 1. The number of benzene rings is 1. The van der Waals surface area contributed by atoms with Gasteiger partial charge in [-0.1, -0.05) is 6.07 Å². The Hall–Kier alpha value is -1.26. The van der Waals surface area contributed by atoms with E-state index in [1.807, 2.05) is 12.1 Å². The van der Waals surface area contributed by atoms with Crippen LogP contribution in [0.25, 0.3) is 0 Å². The maximum absolute atomic E-state index is 5.68. The highest BCUT2D eigenvalue weighted by Crippen LogP contribution is 2.29. The third kappa shape index (κ3) is 3.39. The van der Waals surface area contributed by atoms with E-state index >= 15 is 0 Å². The van der Waals surface area contributed by atoms with Gasteiger partial charge in [0.1, 0.15) is 11.5 Å². The fourth-order valence-corrected chi connectivity index (χ4v) is 2.86. The Kier molecular flexibility index (Phi) is 5.05. The second-order valence-electron chi connectivity index (χ2n) is 5.00. The summed E-state index contributed by atoms with van der Waals surface area (Å²) < 4.78 is 10.7. The van der Waals surface area contributed by atoms with Crippen LogP contribution in [0.2, 0.25) is 0 Å². The van der Waals surface area contributed by atoms with Gasteiger partial charge in [0.15, 0.2) is 0 Å². The molecule has 1 fully saturated rings. The van der Waals surface area contributed by atoms with Gasteiger partial charge in [0, 0.05) is 25.2 Å². The minimum atomic E-state index is 0.589. The third-order valence-corrected chi connectivity index (χ3v) is 3.87. The van der Waals surface area contributed by atoms with Gasteiger partial charge in [0.25, 0.3) is 0 Å². The number of rotatable bonds is 6. The molecule has 1 aliphatic rings. The fraction of sp³-hybridized carbons (Fsp3) is 0.600. The number of methoxy groups -OCH3 is 2. The lowest BCUT2D eigenvalue weighted by atomic mass is 10.0. The molecule has 2 rings (SSSR count). The molecule has 1 saturated heterocycles. The average molecular weight is 264 g/mol. The summed E-state index contributed by atoms with van der Waals surface area (Å²) in [6.07, 6.45) is 3.53. The first-order valence-electron chi connectivity index (χ1n) is 6.93. The Morgan fingerprint density at radius 2 is 2.16 bits per heavy atom. The lowest BCUT2D eigenvalue weighted by Crippen LogP contribution is -2.35. The molecule has 19 heavy (non-hydrogen) atoms. The molecule has 1 aromatic carbocycles. The largest absolute Gasteiger partial charge is 0.497 e. The highest BCUT2D eigenvalue weighted by atomic mass is 16.5. The first-order valence-corrected chi connectivity index (χ1v) is 6.93. The number of ether oxygens (including phenoxy) is 2. The molecular weight excluding hydrogens is 240 g/mol. The molecule has 1 unspecified atom stereocenters. The van der Waals surface area contributed by atoms with Crippen LogP contribution in [0, 0.1) is 0 Å². The average Bonchev–Trinajstić information content (AvgIpc) is 2.87. The van der Waals surface area contributed by atoms with Gasteiger partial charge in [0.2, 0.25) is 0 Å². The van der Waals surface area contributed by atoms with Gasteiger partial charge in [-0.3, -0.25) is 4.90 Å². The van der Waals surface area contributed by atoms with Gasteiger partial charge in [0.05, 0.1) is 14.2 Å². The smallest absolute Gasteiger partial charge is 0.125 e. The lowest BCUT2D eigenvalue weighted by molar-refractivity contribution is 0.257. The summed E-state index contributed by atoms with van der Waals surface area (Å²) in [5.41, 5.74) is 6.92. The zero-order valence-electron chi connectivity index (χ0n) is 11.9. The zero-order valence-corrected chi connectivity index (χ0v) is 11.9. The van der Waals surface area contributed by atoms with Crippen molar-refractivity contribution >= 4 is 0 Å². The summed E-state index contributed by atoms with van der Waals surface area (Å²) in [5.74, 6) is 1.75. The molecule has 106 valence electrons. The number of likely N-dealkylation sites (tertiary alicyclic amines) is 1. The van der Waals surface area contributed by atoms with Crippen molar-refractivity contribution in [2.45, 2.75) is 25.3 Å². The summed E-state index contributed by atoms with van der Waals surface area (Å²) >= 11 is 0. The normalized spacial score (nSPS) is 19.6. The van der Waals surface area contributed by atoms with Gasteiger partial charge < -0.3 is 15.2 Å². The predicted octanol–water partition coefficient (Wildman–Crippen LogP) is 1.67. The van der Waals surface area contributed by atoms with Crippen molar-refractivity contribution in [3.05, 3.63) is 23.8 Å². The van der Waals surface area contributed by atoms with E-state index in [9.17, 15) is 0 Å². The SMILES string of the molecule is COc1ccc(CC2CCCN2CCN)c(OC)c1. The van der Waals surface area contributed by atoms with E-state index in [-0.39, 0.29) is 0 Å². The number of hydrogen-bond donors (Lipinski definition) is 1. The molecule has 0 bridgehead atoms. The maximum Gasteiger partial charge on any atom is 0.125 e. The van der Waals surface area contributed by atoms with Crippen LogP contribution >= 0.6 is 0 Å². The molecule has 0 saturated carbocycles. The highest BCUT2D eigenvalue weighted by Gasteiger charge is 2.24. The van der Waals surface area contributed by atoms with Crippen molar-refractivity contribution in [2.24, 2.45) is 5.73 Å². The van der Waals surface area contributed by atoms with Crippen LogP contribution < -0.4 is 15.2 Å².